The molecule has 0 saturated carbocycles. The molecule has 17 heavy (non-hydrogen) atoms. The Bertz CT molecular complexity index is 379. The zero-order chi connectivity index (χ0) is 12.8. The molecule has 1 amide bonds. The lowest BCUT2D eigenvalue weighted by molar-refractivity contribution is 0.0936. The predicted molar refractivity (Wildman–Crippen MR) is 67.5 cm³/mol. The molecule has 0 bridgehead atoms. The van der Waals surface area contributed by atoms with Crippen LogP contribution in [-0.4, -0.2) is 28.6 Å². The first-order valence-corrected chi connectivity index (χ1v) is 6.03. The van der Waals surface area contributed by atoms with E-state index in [0.29, 0.717) is 12.0 Å². The van der Waals surface area contributed by atoms with E-state index < -0.39 is 0 Å². The van der Waals surface area contributed by atoms with Gasteiger partial charge in [-0.1, -0.05) is 23.2 Å². The van der Waals surface area contributed by atoms with Gasteiger partial charge in [0.15, 0.2) is 0 Å². The molecule has 1 aromatic heterocycles. The molecular weight excluding hydrogens is 263 g/mol. The number of carbonyl (C=O) groups is 1. The van der Waals surface area contributed by atoms with Gasteiger partial charge in [0.25, 0.3) is 5.91 Å². The van der Waals surface area contributed by atoms with Crippen LogP contribution in [0.15, 0.2) is 12.1 Å². The molecule has 0 aromatic carbocycles. The number of aliphatic hydroxyl groups is 1. The van der Waals surface area contributed by atoms with Crippen LogP contribution in [0, 0.1) is 0 Å². The summed E-state index contributed by atoms with van der Waals surface area (Å²) in [6.07, 6.45) is 1.37. The Labute approximate surface area is 110 Å². The number of nitrogens with one attached hydrogen (secondary N) is 1. The number of aromatic nitrogens is 1. The van der Waals surface area contributed by atoms with Crippen molar-refractivity contribution in [1.82, 2.24) is 10.3 Å². The highest BCUT2D eigenvalue weighted by Gasteiger charge is 2.11. The monoisotopic (exact) mass is 276 g/mol. The average Bonchev–Trinajstić information content (AvgIpc) is 2.25. The Morgan fingerprint density at radius 3 is 2.59 bits per heavy atom. The fourth-order valence-electron chi connectivity index (χ4n) is 1.37. The maximum absolute atomic E-state index is 11.8. The molecule has 0 aliphatic carbocycles. The molecule has 1 unspecified atom stereocenters. The Kier molecular flexibility index (Phi) is 5.68. The predicted octanol–water partition coefficient (Wildman–Crippen LogP) is 2.28. The van der Waals surface area contributed by atoms with Crippen molar-refractivity contribution in [1.29, 1.82) is 0 Å². The van der Waals surface area contributed by atoms with Crippen LogP contribution in [0.1, 0.15) is 30.1 Å². The van der Waals surface area contributed by atoms with Crippen LogP contribution in [0.4, 0.5) is 0 Å². The zero-order valence-electron chi connectivity index (χ0n) is 9.41. The van der Waals surface area contributed by atoms with Gasteiger partial charge in [0.1, 0.15) is 10.3 Å². The van der Waals surface area contributed by atoms with Crippen molar-refractivity contribution >= 4 is 29.1 Å². The highest BCUT2D eigenvalue weighted by molar-refractivity contribution is 6.33. The molecule has 6 heteroatoms. The summed E-state index contributed by atoms with van der Waals surface area (Å²) < 4.78 is 0. The molecular formula is C11H14Cl2N2O2. The molecule has 0 fully saturated rings. The average molecular weight is 277 g/mol. The van der Waals surface area contributed by atoms with E-state index in [0.717, 1.165) is 6.42 Å². The number of hydrogen-bond donors (Lipinski definition) is 2. The van der Waals surface area contributed by atoms with Gasteiger partial charge in [-0.05, 0) is 31.9 Å². The molecule has 1 heterocycles. The third kappa shape index (κ3) is 4.89. The van der Waals surface area contributed by atoms with Crippen molar-refractivity contribution in [3.8, 4) is 0 Å². The number of nitrogens with zero attached hydrogens (tertiary/aromatic N) is 1. The van der Waals surface area contributed by atoms with Crippen LogP contribution in [0.25, 0.3) is 0 Å². The van der Waals surface area contributed by atoms with E-state index in [4.69, 9.17) is 28.3 Å². The van der Waals surface area contributed by atoms with Crippen molar-refractivity contribution in [2.45, 2.75) is 25.8 Å². The molecule has 0 radical (unpaired) electrons. The molecule has 4 nitrogen and oxygen atoms in total. The highest BCUT2D eigenvalue weighted by atomic mass is 35.5. The minimum Gasteiger partial charge on any atom is -0.396 e. The third-order valence-electron chi connectivity index (χ3n) is 2.20. The van der Waals surface area contributed by atoms with E-state index in [1.54, 1.807) is 0 Å². The first-order valence-electron chi connectivity index (χ1n) is 5.27. The van der Waals surface area contributed by atoms with Gasteiger partial charge in [-0.15, -0.1) is 0 Å². The third-order valence-corrected chi connectivity index (χ3v) is 2.59. The lowest BCUT2D eigenvalue weighted by atomic mass is 10.1. The fraction of sp³-hybridized carbons (Fsp3) is 0.455. The normalized spacial score (nSPS) is 12.2. The zero-order valence-corrected chi connectivity index (χ0v) is 10.9. The summed E-state index contributed by atoms with van der Waals surface area (Å²) in [5, 5.41) is 11.8. The van der Waals surface area contributed by atoms with Gasteiger partial charge in [0, 0.05) is 18.2 Å². The van der Waals surface area contributed by atoms with E-state index in [1.165, 1.54) is 12.1 Å². The standard InChI is InChI=1S/C11H14Cl2N2O2/c1-7(3-2-4-16)14-11(17)8-5-9(12)15-10(13)6-8/h5-7,16H,2-4H2,1H3,(H,14,17). The lowest BCUT2D eigenvalue weighted by Gasteiger charge is -2.13. The second kappa shape index (κ2) is 6.79. The summed E-state index contributed by atoms with van der Waals surface area (Å²) in [7, 11) is 0. The number of halogens is 2. The van der Waals surface area contributed by atoms with E-state index >= 15 is 0 Å². The summed E-state index contributed by atoms with van der Waals surface area (Å²) in [5.41, 5.74) is 0.380. The van der Waals surface area contributed by atoms with Crippen molar-refractivity contribution < 1.29 is 9.90 Å². The van der Waals surface area contributed by atoms with Crippen LogP contribution in [0.3, 0.4) is 0 Å². The van der Waals surface area contributed by atoms with Crippen molar-refractivity contribution in [3.63, 3.8) is 0 Å². The van der Waals surface area contributed by atoms with Crippen LogP contribution < -0.4 is 5.32 Å². The molecule has 1 rings (SSSR count). The summed E-state index contributed by atoms with van der Waals surface area (Å²) in [4.78, 5) is 15.6. The Hall–Kier alpha value is -0.840. The quantitative estimate of drug-likeness (QED) is 0.812. The highest BCUT2D eigenvalue weighted by Crippen LogP contribution is 2.14. The van der Waals surface area contributed by atoms with Crippen LogP contribution in [-0.2, 0) is 0 Å². The Balaban J connectivity index is 2.63. The van der Waals surface area contributed by atoms with E-state index in [-0.39, 0.29) is 28.9 Å². The molecule has 0 spiro atoms. The van der Waals surface area contributed by atoms with Gasteiger partial charge in [-0.3, -0.25) is 4.79 Å². The second-order valence-corrected chi connectivity index (χ2v) is 4.52. The number of hydrogen-bond acceptors (Lipinski definition) is 3. The van der Waals surface area contributed by atoms with Gasteiger partial charge in [0.05, 0.1) is 0 Å². The number of rotatable bonds is 5. The van der Waals surface area contributed by atoms with Crippen molar-refractivity contribution in [3.05, 3.63) is 28.0 Å². The minimum absolute atomic E-state index is 0.0135. The molecule has 94 valence electrons. The van der Waals surface area contributed by atoms with Crippen LogP contribution in [0.2, 0.25) is 10.3 Å². The van der Waals surface area contributed by atoms with Gasteiger partial charge in [-0.2, -0.15) is 0 Å². The molecule has 0 aliphatic heterocycles. The minimum atomic E-state index is -0.248. The maximum atomic E-state index is 11.8. The van der Waals surface area contributed by atoms with Crippen molar-refractivity contribution in [2.75, 3.05) is 6.61 Å². The summed E-state index contributed by atoms with van der Waals surface area (Å²) in [6, 6.07) is 2.91. The second-order valence-electron chi connectivity index (χ2n) is 3.74. The smallest absolute Gasteiger partial charge is 0.251 e. The molecule has 0 saturated heterocycles. The van der Waals surface area contributed by atoms with Gasteiger partial charge >= 0.3 is 0 Å². The molecule has 2 N–H and O–H groups in total. The number of aliphatic hydroxyl groups excluding tert-OH is 1. The topological polar surface area (TPSA) is 62.2 Å². The van der Waals surface area contributed by atoms with Crippen LogP contribution in [0.5, 0.6) is 0 Å². The SMILES string of the molecule is CC(CCCO)NC(=O)c1cc(Cl)nc(Cl)c1. The summed E-state index contributed by atoms with van der Waals surface area (Å²) in [6.45, 7) is 1.99. The molecule has 1 aromatic rings. The fourth-order valence-corrected chi connectivity index (χ4v) is 1.83. The molecule has 1 atom stereocenters. The number of pyridine rings is 1. The first-order chi connectivity index (χ1) is 8.02. The van der Waals surface area contributed by atoms with E-state index in [1.807, 2.05) is 6.92 Å². The van der Waals surface area contributed by atoms with Crippen LogP contribution >= 0.6 is 23.2 Å². The maximum Gasteiger partial charge on any atom is 0.251 e. The number of carbonyl (C=O) groups excluding carboxylic acids is 1. The summed E-state index contributed by atoms with van der Waals surface area (Å²) in [5.74, 6) is -0.248. The van der Waals surface area contributed by atoms with E-state index in [9.17, 15) is 4.79 Å². The van der Waals surface area contributed by atoms with Gasteiger partial charge < -0.3 is 10.4 Å². The number of amides is 1. The molecule has 0 aliphatic rings. The summed E-state index contributed by atoms with van der Waals surface area (Å²) >= 11 is 11.4. The largest absolute Gasteiger partial charge is 0.396 e. The first kappa shape index (κ1) is 14.2. The Morgan fingerprint density at radius 2 is 2.06 bits per heavy atom. The van der Waals surface area contributed by atoms with Crippen molar-refractivity contribution in [2.24, 2.45) is 0 Å². The Morgan fingerprint density at radius 1 is 1.47 bits per heavy atom. The lowest BCUT2D eigenvalue weighted by Crippen LogP contribution is -2.32. The van der Waals surface area contributed by atoms with E-state index in [2.05, 4.69) is 10.3 Å². The van der Waals surface area contributed by atoms with Gasteiger partial charge in [-0.25, -0.2) is 4.98 Å². The van der Waals surface area contributed by atoms with Gasteiger partial charge in [0.2, 0.25) is 0 Å².